The van der Waals surface area contributed by atoms with E-state index in [-0.39, 0.29) is 0 Å². The molecule has 0 aromatic heterocycles. The van der Waals surface area contributed by atoms with Crippen molar-refractivity contribution in [2.24, 2.45) is 0 Å². The molecule has 0 saturated carbocycles. The second kappa shape index (κ2) is 13.5. The predicted molar refractivity (Wildman–Crippen MR) is 165 cm³/mol. The summed E-state index contributed by atoms with van der Waals surface area (Å²) in [6, 6.07) is 34.4. The largest absolute Gasteiger partial charge is 0.184 e. The minimum atomic E-state index is -0.826. The van der Waals surface area contributed by atoms with Crippen molar-refractivity contribution in [3.63, 3.8) is 0 Å². The van der Waals surface area contributed by atoms with Crippen LogP contribution in [-0.2, 0) is 27.3 Å². The molecule has 0 N–H and O–H groups in total. The molecule has 0 bridgehead atoms. The van der Waals surface area contributed by atoms with E-state index < -0.39 is 20.8 Å². The van der Waals surface area contributed by atoms with Gasteiger partial charge in [0.25, 0.3) is 0 Å². The predicted octanol–water partition coefficient (Wildman–Crippen LogP) is 9.03. The molecular formula is C34H32Cl2SiZr. The van der Waals surface area contributed by atoms with Gasteiger partial charge in [0.1, 0.15) is 0 Å². The van der Waals surface area contributed by atoms with Gasteiger partial charge in [0.2, 0.25) is 0 Å². The van der Waals surface area contributed by atoms with Crippen LogP contribution in [0, 0.1) is 19.9 Å². The first-order valence-electron chi connectivity index (χ1n) is 13.0. The zero-order valence-corrected chi connectivity index (χ0v) is 27.6. The minimum Gasteiger partial charge on any atom is -0.184 e. The first-order valence-corrected chi connectivity index (χ1v) is 20.3. The summed E-state index contributed by atoms with van der Waals surface area (Å²) in [4.78, 5) is 0. The van der Waals surface area contributed by atoms with Crippen molar-refractivity contribution < 1.29 is 20.8 Å². The van der Waals surface area contributed by atoms with E-state index >= 15 is 0 Å². The molecule has 0 spiro atoms. The Kier molecular flexibility index (Phi) is 10.4. The van der Waals surface area contributed by atoms with Crippen molar-refractivity contribution in [3.8, 4) is 22.3 Å². The van der Waals surface area contributed by atoms with E-state index in [4.69, 9.17) is 17.0 Å². The smallest absolute Gasteiger partial charge is 0.0920 e. The van der Waals surface area contributed by atoms with Crippen LogP contribution in [0.1, 0.15) is 48.9 Å². The normalized spacial score (nSPS) is 11.2. The number of aryl methyl sites for hydroxylation is 3. The van der Waals surface area contributed by atoms with E-state index in [2.05, 4.69) is 120 Å². The van der Waals surface area contributed by atoms with E-state index in [1.54, 1.807) is 0 Å². The van der Waals surface area contributed by atoms with Crippen LogP contribution in [0.25, 0.3) is 33.0 Å². The maximum Gasteiger partial charge on any atom is 0.0920 e. The maximum absolute atomic E-state index is 4.93. The summed E-state index contributed by atoms with van der Waals surface area (Å²) in [5.41, 5.74) is 11.1. The molecular weight excluding hydrogens is 599 g/mol. The molecule has 0 unspecified atom stereocenters. The Morgan fingerprint density at radius 1 is 0.895 bits per heavy atom. The van der Waals surface area contributed by atoms with Gasteiger partial charge in [-0.25, -0.2) is 0 Å². The summed E-state index contributed by atoms with van der Waals surface area (Å²) in [6.45, 7) is 11.2. The summed E-state index contributed by atoms with van der Waals surface area (Å²) in [5.74, 6) is 0.574. The van der Waals surface area contributed by atoms with Crippen LogP contribution in [0.5, 0.6) is 0 Å². The molecule has 4 heteroatoms. The zero-order chi connectivity index (χ0) is 27.2. The fraction of sp³-hybridized carbons (Fsp3) is 0.206. The molecule has 0 nitrogen and oxygen atoms in total. The molecule has 1 aliphatic rings. The molecule has 5 aromatic rings. The Bertz CT molecular complexity index is 1470. The first kappa shape index (κ1) is 29.2. The molecule has 0 fully saturated rings. The zero-order valence-electron chi connectivity index (χ0n) is 22.6. The van der Waals surface area contributed by atoms with Gasteiger partial charge in [-0.2, -0.15) is 35.5 Å². The summed E-state index contributed by atoms with van der Waals surface area (Å²) >= 11 is -0.826. The summed E-state index contributed by atoms with van der Waals surface area (Å²) in [7, 11) is 10.7. The second-order valence-corrected chi connectivity index (χ2v) is 15.0. The fourth-order valence-electron chi connectivity index (χ4n) is 5.16. The molecule has 6 rings (SSSR count). The molecule has 0 aliphatic carbocycles. The van der Waals surface area contributed by atoms with E-state index in [9.17, 15) is 0 Å². The van der Waals surface area contributed by atoms with Gasteiger partial charge < -0.3 is 0 Å². The third kappa shape index (κ3) is 6.65. The molecule has 2 radical (unpaired) electrons. The Labute approximate surface area is 249 Å². The number of fused-ring (bicyclic) bond motifs is 4. The Morgan fingerprint density at radius 2 is 1.58 bits per heavy atom. The minimum absolute atomic E-state index is 0.574. The second-order valence-electron chi connectivity index (χ2n) is 9.98. The standard InChI is InChI=1S/C22H25.C12H7Si.2ClH.Zr/c1-6-17-7-8-18-12-19(14(2)3)13-21(18)22(17)20-10-15(4)9-16(5)11-20;1-3-7-11-9(5-1)10-6-2-4-8-12(10)13-11;;;/h7-14H,6H2,1-5H3;1-7H;2*1H;/q2*-1;;;+4/p-2. The van der Waals surface area contributed by atoms with Crippen molar-refractivity contribution in [2.75, 3.05) is 0 Å². The summed E-state index contributed by atoms with van der Waals surface area (Å²) in [5, 5.41) is 5.60. The molecule has 0 saturated heterocycles. The van der Waals surface area contributed by atoms with Crippen LogP contribution in [0.4, 0.5) is 0 Å². The van der Waals surface area contributed by atoms with Crippen LogP contribution < -0.4 is 10.4 Å². The van der Waals surface area contributed by atoms with Crippen molar-refractivity contribution >= 4 is 47.7 Å². The van der Waals surface area contributed by atoms with Crippen molar-refractivity contribution in [1.29, 1.82) is 0 Å². The number of hydrogen-bond donors (Lipinski definition) is 0. The van der Waals surface area contributed by atoms with Gasteiger partial charge in [0.05, 0.1) is 9.52 Å². The van der Waals surface area contributed by atoms with Gasteiger partial charge in [0.15, 0.2) is 0 Å². The Balaban J connectivity index is 0.000000177. The van der Waals surface area contributed by atoms with Crippen LogP contribution in [0.15, 0.2) is 84.9 Å². The van der Waals surface area contributed by atoms with Gasteiger partial charge in [0, 0.05) is 0 Å². The Morgan fingerprint density at radius 3 is 2.26 bits per heavy atom. The molecule has 0 amide bonds. The average Bonchev–Trinajstić information content (AvgIpc) is 3.50. The average molecular weight is 631 g/mol. The van der Waals surface area contributed by atoms with Crippen molar-refractivity contribution in [2.45, 2.75) is 47.0 Å². The van der Waals surface area contributed by atoms with Crippen LogP contribution >= 0.6 is 17.0 Å². The fourth-order valence-corrected chi connectivity index (χ4v) is 6.47. The molecule has 0 atom stereocenters. The van der Waals surface area contributed by atoms with Gasteiger partial charge >= 0.3 is 37.9 Å². The van der Waals surface area contributed by atoms with E-state index in [0.717, 1.165) is 15.9 Å². The third-order valence-corrected chi connectivity index (χ3v) is 8.26. The number of rotatable bonds is 3. The number of hydrogen-bond acceptors (Lipinski definition) is 0. The van der Waals surface area contributed by atoms with Gasteiger partial charge in [-0.3, -0.25) is 0 Å². The first-order chi connectivity index (χ1) is 18.4. The molecule has 5 aromatic carbocycles. The van der Waals surface area contributed by atoms with Gasteiger partial charge in [-0.05, 0) is 31.7 Å². The molecule has 1 heterocycles. The van der Waals surface area contributed by atoms with Crippen LogP contribution in [0.2, 0.25) is 0 Å². The molecule has 1 aliphatic heterocycles. The van der Waals surface area contributed by atoms with E-state index in [1.165, 1.54) is 65.7 Å². The summed E-state index contributed by atoms with van der Waals surface area (Å²) < 4.78 is 0. The summed E-state index contributed by atoms with van der Waals surface area (Å²) in [6.07, 6.45) is 1.07. The van der Waals surface area contributed by atoms with Crippen molar-refractivity contribution in [1.82, 2.24) is 0 Å². The van der Waals surface area contributed by atoms with Crippen LogP contribution in [-0.4, -0.2) is 9.52 Å². The van der Waals surface area contributed by atoms with Crippen molar-refractivity contribution in [3.05, 3.63) is 113 Å². The molecule has 38 heavy (non-hydrogen) atoms. The number of benzene rings is 4. The SMILES string of the molecule is CCc1ccc2[cH-]c(C(C)C)cc2c1-c1cc(C)cc(C)c1.[Cl][Zr+2][Cl].[c-]1cccc2c1[Si]c1ccccc1-2. The third-order valence-electron chi connectivity index (χ3n) is 6.89. The van der Waals surface area contributed by atoms with Gasteiger partial charge in [-0.15, -0.1) is 40.1 Å². The Hall–Kier alpha value is -1.83. The van der Waals surface area contributed by atoms with Crippen LogP contribution in [0.3, 0.4) is 0 Å². The molecule has 190 valence electrons. The van der Waals surface area contributed by atoms with E-state index in [1.807, 2.05) is 6.07 Å². The number of halogens is 2. The van der Waals surface area contributed by atoms with Gasteiger partial charge in [-0.1, -0.05) is 96.2 Å². The maximum atomic E-state index is 4.93. The topological polar surface area (TPSA) is 0 Å². The quantitative estimate of drug-likeness (QED) is 0.135. The van der Waals surface area contributed by atoms with E-state index in [0.29, 0.717) is 5.92 Å². The monoisotopic (exact) mass is 628 g/mol.